The molecule has 1 aliphatic heterocycles. The topological polar surface area (TPSA) is 40.6 Å². The van der Waals surface area contributed by atoms with E-state index in [1.54, 1.807) is 0 Å². The minimum Gasteiger partial charge on any atom is -0.328 e. The summed E-state index contributed by atoms with van der Waals surface area (Å²) in [5.74, 6) is 1.14. The normalized spacial score (nSPS) is 26.9. The van der Waals surface area contributed by atoms with Crippen molar-refractivity contribution >= 4 is 11.8 Å². The number of nitrogens with zero attached hydrogens (tertiary/aromatic N) is 2. The first-order valence-electron chi connectivity index (χ1n) is 11.7. The van der Waals surface area contributed by atoms with Gasteiger partial charge in [0, 0.05) is 12.6 Å². The SMILES string of the molecule is Cc1ccc([C@@H]2C(=O)N([C@@H]3CCC[C@H](C)[C@@H]3C)CC(=O)N2CCc2ccccc2)cc1. The molecule has 1 aliphatic carbocycles. The smallest absolute Gasteiger partial charge is 0.250 e. The molecule has 1 saturated heterocycles. The molecular formula is C27H34N2O2. The molecule has 0 spiro atoms. The number of rotatable bonds is 5. The van der Waals surface area contributed by atoms with Crippen molar-refractivity contribution < 1.29 is 9.59 Å². The largest absolute Gasteiger partial charge is 0.328 e. The molecule has 4 atom stereocenters. The Labute approximate surface area is 186 Å². The standard InChI is InChI=1S/C27H34N2O2/c1-19-12-14-23(15-13-19)26-27(31)29(24-11-7-8-20(2)21(24)3)18-25(30)28(26)17-16-22-9-5-4-6-10-22/h4-6,9-10,12-15,20-21,24,26H,7-8,11,16-18H2,1-3H3/t20-,21-,24+,26+/m0/s1. The van der Waals surface area contributed by atoms with Crippen LogP contribution in [-0.4, -0.2) is 40.7 Å². The number of carbonyl (C=O) groups excluding carboxylic acids is 2. The van der Waals surface area contributed by atoms with E-state index in [4.69, 9.17) is 0 Å². The molecule has 0 bridgehead atoms. The van der Waals surface area contributed by atoms with Gasteiger partial charge in [0.2, 0.25) is 5.91 Å². The van der Waals surface area contributed by atoms with Gasteiger partial charge in [0.25, 0.3) is 5.91 Å². The maximum Gasteiger partial charge on any atom is 0.250 e. The summed E-state index contributed by atoms with van der Waals surface area (Å²) in [4.78, 5) is 31.0. The van der Waals surface area contributed by atoms with Crippen LogP contribution in [0.5, 0.6) is 0 Å². The fraction of sp³-hybridized carbons (Fsp3) is 0.481. The van der Waals surface area contributed by atoms with Crippen molar-refractivity contribution in [1.29, 1.82) is 0 Å². The lowest BCUT2D eigenvalue weighted by Gasteiger charge is -2.47. The van der Waals surface area contributed by atoms with Crippen LogP contribution < -0.4 is 0 Å². The number of hydrogen-bond acceptors (Lipinski definition) is 2. The summed E-state index contributed by atoms with van der Waals surface area (Å²) in [5, 5.41) is 0. The molecule has 0 radical (unpaired) electrons. The Morgan fingerprint density at radius 2 is 1.65 bits per heavy atom. The van der Waals surface area contributed by atoms with Gasteiger partial charge in [-0.1, -0.05) is 86.8 Å². The van der Waals surface area contributed by atoms with Gasteiger partial charge in [0.15, 0.2) is 0 Å². The molecule has 2 fully saturated rings. The Bertz CT molecular complexity index is 909. The van der Waals surface area contributed by atoms with Crippen molar-refractivity contribution in [2.24, 2.45) is 11.8 Å². The van der Waals surface area contributed by atoms with E-state index < -0.39 is 6.04 Å². The van der Waals surface area contributed by atoms with Gasteiger partial charge in [-0.25, -0.2) is 0 Å². The zero-order valence-electron chi connectivity index (χ0n) is 19.0. The van der Waals surface area contributed by atoms with Gasteiger partial charge in [-0.15, -0.1) is 0 Å². The van der Waals surface area contributed by atoms with Gasteiger partial charge >= 0.3 is 0 Å². The quantitative estimate of drug-likeness (QED) is 0.701. The minimum absolute atomic E-state index is 0.0616. The van der Waals surface area contributed by atoms with Crippen molar-refractivity contribution in [3.05, 3.63) is 71.3 Å². The molecule has 4 heteroatoms. The van der Waals surface area contributed by atoms with Crippen molar-refractivity contribution in [2.75, 3.05) is 13.1 Å². The van der Waals surface area contributed by atoms with E-state index >= 15 is 0 Å². The molecule has 0 unspecified atom stereocenters. The molecule has 4 rings (SSSR count). The highest BCUT2D eigenvalue weighted by atomic mass is 16.2. The fourth-order valence-electron chi connectivity index (χ4n) is 5.24. The minimum atomic E-state index is -0.532. The van der Waals surface area contributed by atoms with E-state index in [0.717, 1.165) is 30.4 Å². The molecule has 2 aliphatic rings. The van der Waals surface area contributed by atoms with Crippen molar-refractivity contribution in [1.82, 2.24) is 9.80 Å². The van der Waals surface area contributed by atoms with Gasteiger partial charge in [-0.3, -0.25) is 9.59 Å². The molecule has 1 saturated carbocycles. The third-order valence-electron chi connectivity index (χ3n) is 7.40. The van der Waals surface area contributed by atoms with Crippen LogP contribution in [-0.2, 0) is 16.0 Å². The van der Waals surface area contributed by atoms with E-state index in [1.165, 1.54) is 12.0 Å². The third kappa shape index (κ3) is 4.53. The van der Waals surface area contributed by atoms with Crippen LogP contribution >= 0.6 is 0 Å². The number of carbonyl (C=O) groups is 2. The van der Waals surface area contributed by atoms with Crippen LogP contribution in [0.3, 0.4) is 0 Å². The van der Waals surface area contributed by atoms with Crippen LogP contribution in [0.2, 0.25) is 0 Å². The van der Waals surface area contributed by atoms with Crippen LogP contribution in [0.1, 0.15) is 55.8 Å². The monoisotopic (exact) mass is 418 g/mol. The molecule has 31 heavy (non-hydrogen) atoms. The lowest BCUT2D eigenvalue weighted by molar-refractivity contribution is -0.160. The predicted molar refractivity (Wildman–Crippen MR) is 123 cm³/mol. The summed E-state index contributed by atoms with van der Waals surface area (Å²) in [6.45, 7) is 7.32. The van der Waals surface area contributed by atoms with Gasteiger partial charge < -0.3 is 9.80 Å². The molecule has 1 heterocycles. The summed E-state index contributed by atoms with van der Waals surface area (Å²) in [5.41, 5.74) is 3.25. The zero-order chi connectivity index (χ0) is 22.0. The number of piperazine rings is 1. The first kappa shape index (κ1) is 21.6. The van der Waals surface area contributed by atoms with Crippen molar-refractivity contribution in [2.45, 2.75) is 58.5 Å². The molecule has 4 nitrogen and oxygen atoms in total. The second kappa shape index (κ2) is 9.25. The summed E-state index contributed by atoms with van der Waals surface area (Å²) in [7, 11) is 0. The van der Waals surface area contributed by atoms with E-state index in [9.17, 15) is 9.59 Å². The van der Waals surface area contributed by atoms with E-state index in [2.05, 4.69) is 26.0 Å². The maximum atomic E-state index is 13.9. The molecular weight excluding hydrogens is 384 g/mol. The van der Waals surface area contributed by atoms with Crippen LogP contribution in [0.4, 0.5) is 0 Å². The molecule has 2 aromatic carbocycles. The van der Waals surface area contributed by atoms with E-state index in [-0.39, 0.29) is 24.4 Å². The third-order valence-corrected chi connectivity index (χ3v) is 7.40. The second-order valence-electron chi connectivity index (χ2n) is 9.44. The second-order valence-corrected chi connectivity index (χ2v) is 9.44. The lowest BCUT2D eigenvalue weighted by atomic mass is 9.76. The molecule has 2 aromatic rings. The van der Waals surface area contributed by atoms with Crippen LogP contribution in [0, 0.1) is 18.8 Å². The zero-order valence-corrected chi connectivity index (χ0v) is 19.0. The summed E-state index contributed by atoms with van der Waals surface area (Å²) < 4.78 is 0. The number of aryl methyl sites for hydroxylation is 1. The first-order chi connectivity index (χ1) is 15.0. The highest BCUT2D eigenvalue weighted by Gasteiger charge is 2.44. The molecule has 164 valence electrons. The number of amides is 2. The van der Waals surface area contributed by atoms with Gasteiger partial charge in [-0.05, 0) is 42.7 Å². The van der Waals surface area contributed by atoms with Crippen LogP contribution in [0.15, 0.2) is 54.6 Å². The lowest BCUT2D eigenvalue weighted by Crippen LogP contribution is -2.60. The molecule has 2 amide bonds. The Balaban J connectivity index is 1.63. The van der Waals surface area contributed by atoms with Crippen molar-refractivity contribution in [3.63, 3.8) is 0 Å². The Morgan fingerprint density at radius 3 is 2.35 bits per heavy atom. The van der Waals surface area contributed by atoms with Crippen molar-refractivity contribution in [3.8, 4) is 0 Å². The van der Waals surface area contributed by atoms with Gasteiger partial charge in [-0.2, -0.15) is 0 Å². The highest BCUT2D eigenvalue weighted by Crippen LogP contribution is 2.37. The molecule has 0 aromatic heterocycles. The summed E-state index contributed by atoms with van der Waals surface area (Å²) >= 11 is 0. The van der Waals surface area contributed by atoms with E-state index in [0.29, 0.717) is 18.4 Å². The number of benzene rings is 2. The Hall–Kier alpha value is -2.62. The van der Waals surface area contributed by atoms with Gasteiger partial charge in [0.05, 0.1) is 0 Å². The van der Waals surface area contributed by atoms with Crippen LogP contribution in [0.25, 0.3) is 0 Å². The molecule has 0 N–H and O–H groups in total. The highest BCUT2D eigenvalue weighted by molar-refractivity contribution is 5.95. The first-order valence-corrected chi connectivity index (χ1v) is 11.7. The predicted octanol–water partition coefficient (Wildman–Crippen LogP) is 4.77. The van der Waals surface area contributed by atoms with Gasteiger partial charge in [0.1, 0.15) is 12.6 Å². The fourth-order valence-corrected chi connectivity index (χ4v) is 5.24. The van der Waals surface area contributed by atoms with E-state index in [1.807, 2.05) is 59.2 Å². The average molecular weight is 419 g/mol. The maximum absolute atomic E-state index is 13.9. The summed E-state index contributed by atoms with van der Waals surface area (Å²) in [6, 6.07) is 17.9. The Morgan fingerprint density at radius 1 is 0.935 bits per heavy atom. The Kier molecular flexibility index (Phi) is 6.45. The summed E-state index contributed by atoms with van der Waals surface area (Å²) in [6.07, 6.45) is 4.08. The number of hydrogen-bond donors (Lipinski definition) is 0. The average Bonchev–Trinajstić information content (AvgIpc) is 2.77.